The predicted octanol–water partition coefficient (Wildman–Crippen LogP) is 3.74. The highest BCUT2D eigenvalue weighted by Gasteiger charge is 2.20. The summed E-state index contributed by atoms with van der Waals surface area (Å²) in [5, 5.41) is 9.17. The molecule has 2 aromatic heterocycles. The predicted molar refractivity (Wildman–Crippen MR) is 76.3 cm³/mol. The van der Waals surface area contributed by atoms with Gasteiger partial charge in [-0.3, -0.25) is 0 Å². The van der Waals surface area contributed by atoms with E-state index in [4.69, 9.17) is 4.42 Å². The van der Waals surface area contributed by atoms with E-state index in [1.165, 1.54) is 22.9 Å². The molecule has 1 aliphatic carbocycles. The highest BCUT2D eigenvalue weighted by atomic mass is 32.1. The van der Waals surface area contributed by atoms with Gasteiger partial charge in [-0.05, 0) is 43.0 Å². The van der Waals surface area contributed by atoms with Crippen molar-refractivity contribution in [3.05, 3.63) is 40.3 Å². The molecule has 100 valence electrons. The molecule has 5 heteroatoms. The number of benzene rings is 1. The summed E-state index contributed by atoms with van der Waals surface area (Å²) in [5.74, 6) is -0.472. The van der Waals surface area contributed by atoms with Gasteiger partial charge in [0.15, 0.2) is 5.58 Å². The third-order valence-electron chi connectivity index (χ3n) is 3.60. The standard InChI is InChI=1S/C15H11NO3S/c17-15(18)9-4-2-5-10-13(9)19-14(16-10)12-7-8-3-1-6-11(8)20-12/h2,4-5,7H,1,3,6H2,(H,17,18). The molecular weight excluding hydrogens is 274 g/mol. The maximum Gasteiger partial charge on any atom is 0.339 e. The van der Waals surface area contributed by atoms with E-state index in [2.05, 4.69) is 11.1 Å². The number of hydrogen-bond donors (Lipinski definition) is 1. The lowest BCUT2D eigenvalue weighted by atomic mass is 10.2. The zero-order valence-corrected chi connectivity index (χ0v) is 11.4. The van der Waals surface area contributed by atoms with Gasteiger partial charge in [0.2, 0.25) is 5.89 Å². The van der Waals surface area contributed by atoms with Gasteiger partial charge in [-0.15, -0.1) is 11.3 Å². The van der Waals surface area contributed by atoms with Crippen molar-refractivity contribution in [2.45, 2.75) is 19.3 Å². The van der Waals surface area contributed by atoms with Gasteiger partial charge in [0.05, 0.1) is 4.88 Å². The lowest BCUT2D eigenvalue weighted by molar-refractivity contribution is 0.0698. The van der Waals surface area contributed by atoms with Crippen LogP contribution in [0.5, 0.6) is 0 Å². The van der Waals surface area contributed by atoms with Crippen molar-refractivity contribution in [1.82, 2.24) is 4.98 Å². The van der Waals surface area contributed by atoms with Gasteiger partial charge in [0, 0.05) is 4.88 Å². The van der Waals surface area contributed by atoms with Crippen LogP contribution in [-0.4, -0.2) is 16.1 Å². The Labute approximate surface area is 118 Å². The van der Waals surface area contributed by atoms with Crippen LogP contribution in [-0.2, 0) is 12.8 Å². The lowest BCUT2D eigenvalue weighted by Gasteiger charge is -1.93. The molecule has 0 aliphatic heterocycles. The van der Waals surface area contributed by atoms with Crippen LogP contribution in [0.1, 0.15) is 27.2 Å². The Hall–Kier alpha value is -2.14. The Kier molecular flexibility index (Phi) is 2.44. The largest absolute Gasteiger partial charge is 0.478 e. The second-order valence-electron chi connectivity index (χ2n) is 4.89. The first-order valence-electron chi connectivity index (χ1n) is 6.47. The van der Waals surface area contributed by atoms with E-state index in [1.807, 2.05) is 0 Å². The van der Waals surface area contributed by atoms with E-state index < -0.39 is 5.97 Å². The molecule has 0 amide bonds. The maximum atomic E-state index is 11.2. The Morgan fingerprint density at radius 2 is 2.25 bits per heavy atom. The van der Waals surface area contributed by atoms with Crippen molar-refractivity contribution >= 4 is 28.4 Å². The number of carboxylic acids is 1. The summed E-state index contributed by atoms with van der Waals surface area (Å²) in [6.07, 6.45) is 3.46. The first-order valence-corrected chi connectivity index (χ1v) is 7.29. The van der Waals surface area contributed by atoms with Crippen molar-refractivity contribution < 1.29 is 14.3 Å². The zero-order valence-electron chi connectivity index (χ0n) is 10.5. The highest BCUT2D eigenvalue weighted by molar-refractivity contribution is 7.15. The number of aromatic carboxylic acids is 1. The average Bonchev–Trinajstić information content (AvgIpc) is 3.10. The molecule has 0 bridgehead atoms. The molecule has 4 nitrogen and oxygen atoms in total. The Balaban J connectivity index is 1.88. The molecule has 20 heavy (non-hydrogen) atoms. The molecule has 0 unspecified atom stereocenters. The smallest absolute Gasteiger partial charge is 0.339 e. The SMILES string of the molecule is O=C(O)c1cccc2nc(-c3cc4c(s3)CCC4)oc12. The van der Waals surface area contributed by atoms with E-state index >= 15 is 0 Å². The number of carbonyl (C=O) groups is 1. The summed E-state index contributed by atoms with van der Waals surface area (Å²) < 4.78 is 5.70. The number of para-hydroxylation sites is 1. The molecule has 1 aliphatic rings. The van der Waals surface area contributed by atoms with Gasteiger partial charge < -0.3 is 9.52 Å². The van der Waals surface area contributed by atoms with E-state index in [-0.39, 0.29) is 5.56 Å². The van der Waals surface area contributed by atoms with Gasteiger partial charge >= 0.3 is 5.97 Å². The van der Waals surface area contributed by atoms with Gasteiger partial charge in [0.1, 0.15) is 11.1 Å². The van der Waals surface area contributed by atoms with Gasteiger partial charge in [-0.1, -0.05) is 6.07 Å². The number of carboxylic acid groups (broad SMARTS) is 1. The number of thiophene rings is 1. The molecule has 0 radical (unpaired) electrons. The fourth-order valence-corrected chi connectivity index (χ4v) is 3.84. The number of oxazole rings is 1. The fourth-order valence-electron chi connectivity index (χ4n) is 2.66. The average molecular weight is 285 g/mol. The Morgan fingerprint density at radius 1 is 1.35 bits per heavy atom. The minimum atomic E-state index is -0.994. The van der Waals surface area contributed by atoms with Gasteiger partial charge in [0.25, 0.3) is 0 Å². The van der Waals surface area contributed by atoms with Crippen molar-refractivity contribution in [2.75, 3.05) is 0 Å². The van der Waals surface area contributed by atoms with Crippen LogP contribution in [0, 0.1) is 0 Å². The second-order valence-corrected chi connectivity index (χ2v) is 6.03. The molecule has 0 saturated carbocycles. The number of aromatic nitrogens is 1. The van der Waals surface area contributed by atoms with Crippen molar-refractivity contribution in [3.63, 3.8) is 0 Å². The van der Waals surface area contributed by atoms with Gasteiger partial charge in [-0.2, -0.15) is 0 Å². The van der Waals surface area contributed by atoms with Crippen LogP contribution >= 0.6 is 11.3 Å². The van der Waals surface area contributed by atoms with Gasteiger partial charge in [-0.25, -0.2) is 9.78 Å². The molecule has 1 N–H and O–H groups in total. The molecule has 4 rings (SSSR count). The molecule has 0 saturated heterocycles. The first-order chi connectivity index (χ1) is 9.72. The molecule has 0 atom stereocenters. The molecule has 0 fully saturated rings. The maximum absolute atomic E-state index is 11.2. The summed E-state index contributed by atoms with van der Waals surface area (Å²) in [6.45, 7) is 0. The number of nitrogens with zero attached hydrogens (tertiary/aromatic N) is 1. The van der Waals surface area contributed by atoms with Crippen molar-refractivity contribution in [1.29, 1.82) is 0 Å². The molecular formula is C15H11NO3S. The van der Waals surface area contributed by atoms with Crippen LogP contribution in [0.25, 0.3) is 21.9 Å². The number of aryl methyl sites for hydroxylation is 2. The third-order valence-corrected chi connectivity index (χ3v) is 4.83. The second kappa shape index (κ2) is 4.18. The lowest BCUT2D eigenvalue weighted by Crippen LogP contribution is -1.95. The van der Waals surface area contributed by atoms with Crippen molar-refractivity contribution in [2.24, 2.45) is 0 Å². The third kappa shape index (κ3) is 1.67. The summed E-state index contributed by atoms with van der Waals surface area (Å²) in [7, 11) is 0. The molecule has 1 aromatic carbocycles. The number of rotatable bonds is 2. The number of hydrogen-bond acceptors (Lipinski definition) is 4. The monoisotopic (exact) mass is 285 g/mol. The van der Waals surface area contributed by atoms with E-state index in [0.29, 0.717) is 17.0 Å². The summed E-state index contributed by atoms with van der Waals surface area (Å²) in [5.41, 5.74) is 2.48. The van der Waals surface area contributed by atoms with E-state index in [9.17, 15) is 9.90 Å². The molecule has 3 aromatic rings. The Bertz CT molecular complexity index is 809. The minimum Gasteiger partial charge on any atom is -0.478 e. The molecule has 2 heterocycles. The van der Waals surface area contributed by atoms with Crippen LogP contribution in [0.2, 0.25) is 0 Å². The summed E-state index contributed by atoms with van der Waals surface area (Å²) >= 11 is 1.70. The Morgan fingerprint density at radius 3 is 3.05 bits per heavy atom. The number of fused-ring (bicyclic) bond motifs is 2. The minimum absolute atomic E-state index is 0.158. The van der Waals surface area contributed by atoms with Crippen molar-refractivity contribution in [3.8, 4) is 10.8 Å². The summed E-state index contributed by atoms with van der Waals surface area (Å²) in [4.78, 5) is 18.0. The zero-order chi connectivity index (χ0) is 13.7. The van der Waals surface area contributed by atoms with Crippen LogP contribution < -0.4 is 0 Å². The van der Waals surface area contributed by atoms with E-state index in [1.54, 1.807) is 23.5 Å². The highest BCUT2D eigenvalue weighted by Crippen LogP contribution is 2.37. The fraction of sp³-hybridized carbons (Fsp3) is 0.200. The molecule has 0 spiro atoms. The quantitative estimate of drug-likeness (QED) is 0.779. The van der Waals surface area contributed by atoms with E-state index in [0.717, 1.165) is 17.7 Å². The topological polar surface area (TPSA) is 63.3 Å². The van der Waals surface area contributed by atoms with Crippen LogP contribution in [0.3, 0.4) is 0 Å². The normalized spacial score (nSPS) is 13.8. The first kappa shape index (κ1) is 11.7. The van der Waals surface area contributed by atoms with Crippen LogP contribution in [0.15, 0.2) is 28.7 Å². The summed E-state index contributed by atoms with van der Waals surface area (Å²) in [6, 6.07) is 7.12. The van der Waals surface area contributed by atoms with Crippen LogP contribution in [0.4, 0.5) is 0 Å².